The Morgan fingerprint density at radius 1 is 1.55 bits per heavy atom. The first-order chi connectivity index (χ1) is 5.26. The van der Waals surface area contributed by atoms with Crippen LogP contribution in [0.5, 0.6) is 0 Å². The summed E-state index contributed by atoms with van der Waals surface area (Å²) < 4.78 is 5.14. The van der Waals surface area contributed by atoms with E-state index in [1.54, 1.807) is 7.11 Å². The second-order valence-corrected chi connectivity index (χ2v) is 2.16. The molecule has 0 aromatic heterocycles. The Bertz CT molecular complexity index is 94.3. The third-order valence-electron chi connectivity index (χ3n) is 1.40. The first-order valence-electron chi connectivity index (χ1n) is 3.83. The number of ether oxygens (including phenoxy) is 1. The van der Waals surface area contributed by atoms with Crippen molar-refractivity contribution in [3.8, 4) is 0 Å². The molecule has 66 valence electrons. The molecule has 0 aliphatic heterocycles. The van der Waals surface area contributed by atoms with Gasteiger partial charge in [-0.3, -0.25) is 0 Å². The van der Waals surface area contributed by atoms with Crippen molar-refractivity contribution < 1.29 is 9.53 Å². The lowest BCUT2D eigenvalue weighted by Gasteiger charge is -2.09. The molecule has 0 spiro atoms. The molecule has 1 unspecified atom stereocenters. The normalized spacial score (nSPS) is 10.8. The molecule has 1 N–H and O–H groups in total. The Balaban J connectivity index is 0. The van der Waals surface area contributed by atoms with Crippen molar-refractivity contribution in [2.75, 3.05) is 7.11 Å². The minimum Gasteiger partial charge on any atom is -0.381 e. The molecule has 0 aliphatic rings. The number of carbonyl (C=O) groups excluding carboxylic acids is 1. The fourth-order valence-corrected chi connectivity index (χ4v) is 0.811. The van der Waals surface area contributed by atoms with Crippen molar-refractivity contribution in [1.29, 1.82) is 5.41 Å². The van der Waals surface area contributed by atoms with Gasteiger partial charge in [-0.1, -0.05) is 20.3 Å². The molecule has 1 atom stereocenters. The highest BCUT2D eigenvalue weighted by Gasteiger charge is 1.99. The number of hydrogen-bond acceptors (Lipinski definition) is 3. The van der Waals surface area contributed by atoms with E-state index in [1.165, 1.54) is 12.8 Å². The predicted molar refractivity (Wildman–Crippen MR) is 44.4 cm³/mol. The Labute approximate surface area is 68.3 Å². The molecule has 0 heterocycles. The molecule has 0 fully saturated rings. The molecule has 0 bridgehead atoms. The van der Waals surface area contributed by atoms with Gasteiger partial charge in [-0.05, 0) is 12.8 Å². The van der Waals surface area contributed by atoms with Gasteiger partial charge in [0.05, 0.1) is 6.10 Å². The molecule has 0 aromatic rings. The summed E-state index contributed by atoms with van der Waals surface area (Å²) in [5, 5.41) is 5.40. The maximum atomic E-state index is 8.35. The summed E-state index contributed by atoms with van der Waals surface area (Å²) in [4.78, 5) is 8.35. The van der Waals surface area contributed by atoms with Gasteiger partial charge in [0.1, 0.15) is 0 Å². The SMILES string of the molecule is CCCC(CC)OC.N=C=O. The van der Waals surface area contributed by atoms with Crippen LogP contribution in [0, 0.1) is 5.41 Å². The van der Waals surface area contributed by atoms with Crippen LogP contribution in [0.15, 0.2) is 0 Å². The highest BCUT2D eigenvalue weighted by Crippen LogP contribution is 2.03. The molecule has 0 aliphatic carbocycles. The smallest absolute Gasteiger partial charge is 0.231 e. The van der Waals surface area contributed by atoms with Crippen LogP contribution in [0.1, 0.15) is 33.1 Å². The molecule has 0 amide bonds. The van der Waals surface area contributed by atoms with Crippen molar-refractivity contribution in [2.45, 2.75) is 39.2 Å². The average Bonchev–Trinajstić information content (AvgIpc) is 2.02. The van der Waals surface area contributed by atoms with Gasteiger partial charge in [0.25, 0.3) is 0 Å². The molecule has 0 aromatic carbocycles. The average molecular weight is 159 g/mol. The molecule has 3 nitrogen and oxygen atoms in total. The first kappa shape index (κ1) is 13.0. The zero-order valence-corrected chi connectivity index (χ0v) is 7.52. The Morgan fingerprint density at radius 2 is 2.00 bits per heavy atom. The summed E-state index contributed by atoms with van der Waals surface area (Å²) in [5.74, 6) is 0. The zero-order chi connectivity index (χ0) is 9.11. The standard InChI is InChI=1S/C7H16O.CHNO/c1-4-6-7(5-2)8-3;2-1-3/h7H,4-6H2,1-3H3;2H. The van der Waals surface area contributed by atoms with Crippen LogP contribution in [-0.4, -0.2) is 19.3 Å². The zero-order valence-electron chi connectivity index (χ0n) is 7.52. The van der Waals surface area contributed by atoms with Gasteiger partial charge in [0, 0.05) is 7.11 Å². The van der Waals surface area contributed by atoms with Crippen LogP contribution in [0.3, 0.4) is 0 Å². The quantitative estimate of drug-likeness (QED) is 0.504. The molecule has 3 heteroatoms. The molecule has 0 saturated carbocycles. The van der Waals surface area contributed by atoms with Crippen molar-refractivity contribution in [2.24, 2.45) is 0 Å². The highest BCUT2D eigenvalue weighted by molar-refractivity contribution is 5.26. The van der Waals surface area contributed by atoms with Crippen LogP contribution in [0.25, 0.3) is 0 Å². The van der Waals surface area contributed by atoms with Gasteiger partial charge >= 0.3 is 0 Å². The summed E-state index contributed by atoms with van der Waals surface area (Å²) in [6.45, 7) is 4.34. The van der Waals surface area contributed by atoms with Crippen LogP contribution >= 0.6 is 0 Å². The van der Waals surface area contributed by atoms with E-state index < -0.39 is 0 Å². The van der Waals surface area contributed by atoms with Gasteiger partial charge < -0.3 is 4.74 Å². The first-order valence-corrected chi connectivity index (χ1v) is 3.83. The maximum absolute atomic E-state index is 8.35. The largest absolute Gasteiger partial charge is 0.381 e. The Morgan fingerprint density at radius 3 is 2.09 bits per heavy atom. The van der Waals surface area contributed by atoms with E-state index in [1.807, 2.05) is 0 Å². The van der Waals surface area contributed by atoms with Gasteiger partial charge in [-0.15, -0.1) is 0 Å². The van der Waals surface area contributed by atoms with Gasteiger partial charge in [-0.2, -0.15) is 0 Å². The summed E-state index contributed by atoms with van der Waals surface area (Å²) in [7, 11) is 1.78. The third-order valence-corrected chi connectivity index (χ3v) is 1.40. The monoisotopic (exact) mass is 159 g/mol. The van der Waals surface area contributed by atoms with E-state index in [0.29, 0.717) is 6.10 Å². The van der Waals surface area contributed by atoms with Crippen LogP contribution in [-0.2, 0) is 9.53 Å². The third kappa shape index (κ3) is 12.5. The topological polar surface area (TPSA) is 50.1 Å². The fourth-order valence-electron chi connectivity index (χ4n) is 0.811. The summed E-state index contributed by atoms with van der Waals surface area (Å²) in [6.07, 6.45) is 4.82. The number of nitrogens with one attached hydrogen (secondary N) is 1. The molecule has 0 radical (unpaired) electrons. The number of rotatable bonds is 4. The Hall–Kier alpha value is -0.660. The van der Waals surface area contributed by atoms with Gasteiger partial charge in [0.2, 0.25) is 6.08 Å². The molecular weight excluding hydrogens is 142 g/mol. The summed E-state index contributed by atoms with van der Waals surface area (Å²) in [5.41, 5.74) is 0. The lowest BCUT2D eigenvalue weighted by Crippen LogP contribution is -2.07. The predicted octanol–water partition coefficient (Wildman–Crippen LogP) is 2.11. The van der Waals surface area contributed by atoms with E-state index in [0.717, 1.165) is 12.5 Å². The van der Waals surface area contributed by atoms with Gasteiger partial charge in [0.15, 0.2) is 0 Å². The maximum Gasteiger partial charge on any atom is 0.231 e. The number of isocyanates is 1. The van der Waals surface area contributed by atoms with E-state index in [2.05, 4.69) is 13.8 Å². The Kier molecular flexibility index (Phi) is 14.2. The molecule has 0 saturated heterocycles. The van der Waals surface area contributed by atoms with Crippen molar-refractivity contribution in [1.82, 2.24) is 0 Å². The van der Waals surface area contributed by atoms with Crippen LogP contribution in [0.2, 0.25) is 0 Å². The fraction of sp³-hybridized carbons (Fsp3) is 0.875. The number of hydrogen-bond donors (Lipinski definition) is 1. The molecule has 0 rings (SSSR count). The highest BCUT2D eigenvalue weighted by atomic mass is 16.5. The second-order valence-electron chi connectivity index (χ2n) is 2.16. The van der Waals surface area contributed by atoms with E-state index in [-0.39, 0.29) is 0 Å². The lowest BCUT2D eigenvalue weighted by atomic mass is 10.2. The van der Waals surface area contributed by atoms with E-state index >= 15 is 0 Å². The van der Waals surface area contributed by atoms with Crippen molar-refractivity contribution >= 4 is 6.08 Å². The van der Waals surface area contributed by atoms with Crippen LogP contribution in [0.4, 0.5) is 0 Å². The van der Waals surface area contributed by atoms with Crippen molar-refractivity contribution in [3.05, 3.63) is 0 Å². The minimum atomic E-state index is 0.500. The molecule has 11 heavy (non-hydrogen) atoms. The summed E-state index contributed by atoms with van der Waals surface area (Å²) >= 11 is 0. The summed E-state index contributed by atoms with van der Waals surface area (Å²) in [6, 6.07) is 0. The van der Waals surface area contributed by atoms with E-state index in [9.17, 15) is 0 Å². The van der Waals surface area contributed by atoms with E-state index in [4.69, 9.17) is 14.9 Å². The number of methoxy groups -OCH3 is 1. The van der Waals surface area contributed by atoms with Crippen molar-refractivity contribution in [3.63, 3.8) is 0 Å². The minimum absolute atomic E-state index is 0.500. The molecular formula is C8H17NO2. The second kappa shape index (κ2) is 12.1. The lowest BCUT2D eigenvalue weighted by molar-refractivity contribution is 0.0915. The van der Waals surface area contributed by atoms with Gasteiger partial charge in [-0.25, -0.2) is 10.2 Å². The van der Waals surface area contributed by atoms with Crippen LogP contribution < -0.4 is 0 Å².